The fraction of sp³-hybridized carbons (Fsp3) is 0.294. The van der Waals surface area contributed by atoms with Crippen molar-refractivity contribution in [3.63, 3.8) is 0 Å². The summed E-state index contributed by atoms with van der Waals surface area (Å²) in [6.45, 7) is 1.15. The van der Waals surface area contributed by atoms with E-state index in [1.807, 2.05) is 0 Å². The van der Waals surface area contributed by atoms with Crippen molar-refractivity contribution in [1.82, 2.24) is 0 Å². The quantitative estimate of drug-likeness (QED) is 0.586. The Bertz CT molecular complexity index is 876. The SMILES string of the molecule is O=[N+]([O-])c1ccc(S(=O)(=O)Nc2cccc(OCC3CCCO3)c2)cc1. The van der Waals surface area contributed by atoms with Crippen LogP contribution in [-0.2, 0) is 14.8 Å². The molecule has 1 heterocycles. The van der Waals surface area contributed by atoms with Crippen molar-refractivity contribution in [2.24, 2.45) is 0 Å². The highest BCUT2D eigenvalue weighted by atomic mass is 32.2. The van der Waals surface area contributed by atoms with Gasteiger partial charge in [-0.3, -0.25) is 14.8 Å². The Morgan fingerprint density at radius 2 is 2.00 bits per heavy atom. The van der Waals surface area contributed by atoms with Crippen molar-refractivity contribution in [2.45, 2.75) is 23.8 Å². The van der Waals surface area contributed by atoms with E-state index < -0.39 is 14.9 Å². The molecule has 1 unspecified atom stereocenters. The molecule has 0 saturated carbocycles. The first-order valence-electron chi connectivity index (χ1n) is 8.06. The lowest BCUT2D eigenvalue weighted by molar-refractivity contribution is -0.384. The number of benzene rings is 2. The van der Waals surface area contributed by atoms with Crippen molar-refractivity contribution in [3.8, 4) is 5.75 Å². The topological polar surface area (TPSA) is 108 Å². The lowest BCUT2D eigenvalue weighted by atomic mass is 10.2. The monoisotopic (exact) mass is 378 g/mol. The molecular formula is C17H18N2O6S. The standard InChI is InChI=1S/C17H18N2O6S/c20-19(21)14-6-8-17(9-7-14)26(22,23)18-13-3-1-4-15(11-13)25-12-16-5-2-10-24-16/h1,3-4,6-9,11,16,18H,2,5,10,12H2. The van der Waals surface area contributed by atoms with Crippen LogP contribution >= 0.6 is 0 Å². The third-order valence-electron chi connectivity index (χ3n) is 3.90. The molecule has 0 aromatic heterocycles. The number of ether oxygens (including phenoxy) is 2. The fourth-order valence-electron chi connectivity index (χ4n) is 2.58. The number of sulfonamides is 1. The van der Waals surface area contributed by atoms with Crippen molar-refractivity contribution in [3.05, 3.63) is 58.6 Å². The van der Waals surface area contributed by atoms with Crippen LogP contribution in [0.5, 0.6) is 5.75 Å². The maximum absolute atomic E-state index is 12.4. The molecule has 1 N–H and O–H groups in total. The van der Waals surface area contributed by atoms with Crippen LogP contribution in [0.2, 0.25) is 0 Å². The summed E-state index contributed by atoms with van der Waals surface area (Å²) < 4.78 is 38.4. The van der Waals surface area contributed by atoms with Gasteiger partial charge in [0.25, 0.3) is 15.7 Å². The number of rotatable bonds is 7. The molecule has 0 amide bonds. The Morgan fingerprint density at radius 1 is 1.23 bits per heavy atom. The van der Waals surface area contributed by atoms with E-state index in [0.29, 0.717) is 18.0 Å². The van der Waals surface area contributed by atoms with Gasteiger partial charge in [-0.25, -0.2) is 8.42 Å². The molecule has 2 aromatic carbocycles. The van der Waals surface area contributed by atoms with E-state index in [1.54, 1.807) is 24.3 Å². The number of nitrogens with one attached hydrogen (secondary N) is 1. The number of hydrogen-bond donors (Lipinski definition) is 1. The Morgan fingerprint density at radius 3 is 2.65 bits per heavy atom. The van der Waals surface area contributed by atoms with Crippen molar-refractivity contribution in [2.75, 3.05) is 17.9 Å². The molecule has 0 bridgehead atoms. The highest BCUT2D eigenvalue weighted by molar-refractivity contribution is 7.92. The van der Waals surface area contributed by atoms with Gasteiger partial charge in [-0.1, -0.05) is 6.07 Å². The third kappa shape index (κ3) is 4.50. The normalized spacial score (nSPS) is 17.0. The number of non-ortho nitro benzene ring substituents is 1. The molecule has 3 rings (SSSR count). The molecule has 138 valence electrons. The highest BCUT2D eigenvalue weighted by Crippen LogP contribution is 2.23. The molecule has 8 nitrogen and oxygen atoms in total. The zero-order valence-electron chi connectivity index (χ0n) is 13.8. The van der Waals surface area contributed by atoms with Gasteiger partial charge >= 0.3 is 0 Å². The second-order valence-corrected chi connectivity index (χ2v) is 7.51. The van der Waals surface area contributed by atoms with E-state index >= 15 is 0 Å². The smallest absolute Gasteiger partial charge is 0.269 e. The number of nitro groups is 1. The third-order valence-corrected chi connectivity index (χ3v) is 5.30. The van der Waals surface area contributed by atoms with Gasteiger partial charge < -0.3 is 9.47 Å². The number of nitro benzene ring substituents is 1. The zero-order chi connectivity index (χ0) is 18.6. The minimum absolute atomic E-state index is 0.0613. The molecule has 1 atom stereocenters. The minimum Gasteiger partial charge on any atom is -0.491 e. The molecule has 9 heteroatoms. The molecule has 1 aliphatic heterocycles. The Balaban J connectivity index is 1.68. The number of nitrogens with zero attached hydrogens (tertiary/aromatic N) is 1. The maximum atomic E-state index is 12.4. The van der Waals surface area contributed by atoms with Crippen LogP contribution < -0.4 is 9.46 Å². The predicted octanol–water partition coefficient (Wildman–Crippen LogP) is 2.95. The molecule has 0 radical (unpaired) electrons. The van der Waals surface area contributed by atoms with Gasteiger partial charge in [0.1, 0.15) is 12.4 Å². The van der Waals surface area contributed by atoms with Crippen LogP contribution in [0.4, 0.5) is 11.4 Å². The van der Waals surface area contributed by atoms with E-state index in [9.17, 15) is 18.5 Å². The Labute approximate surface area is 150 Å². The maximum Gasteiger partial charge on any atom is 0.269 e. The summed E-state index contributed by atoms with van der Waals surface area (Å²) >= 11 is 0. The first-order chi connectivity index (χ1) is 12.4. The molecule has 26 heavy (non-hydrogen) atoms. The summed E-state index contributed by atoms with van der Waals surface area (Å²) in [7, 11) is -3.86. The van der Waals surface area contributed by atoms with E-state index in [0.717, 1.165) is 31.6 Å². The van der Waals surface area contributed by atoms with E-state index in [1.165, 1.54) is 12.1 Å². The molecule has 1 saturated heterocycles. The second-order valence-electron chi connectivity index (χ2n) is 5.83. The van der Waals surface area contributed by atoms with Gasteiger partial charge in [0.2, 0.25) is 0 Å². The van der Waals surface area contributed by atoms with E-state index in [4.69, 9.17) is 9.47 Å². The average Bonchev–Trinajstić information content (AvgIpc) is 3.13. The van der Waals surface area contributed by atoms with Gasteiger partial charge in [-0.05, 0) is 37.1 Å². The number of hydrogen-bond acceptors (Lipinski definition) is 6. The van der Waals surface area contributed by atoms with Crippen molar-refractivity contribution in [1.29, 1.82) is 0 Å². The summed E-state index contributed by atoms with van der Waals surface area (Å²) in [5.74, 6) is 0.532. The lowest BCUT2D eigenvalue weighted by Gasteiger charge is -2.13. The van der Waals surface area contributed by atoms with Gasteiger partial charge in [0, 0.05) is 24.8 Å². The summed E-state index contributed by atoms with van der Waals surface area (Å²) in [4.78, 5) is 10.0. The lowest BCUT2D eigenvalue weighted by Crippen LogP contribution is -2.16. The summed E-state index contributed by atoms with van der Waals surface area (Å²) in [6.07, 6.45) is 2.03. The zero-order valence-corrected chi connectivity index (χ0v) is 14.6. The molecule has 0 spiro atoms. The van der Waals surface area contributed by atoms with Crippen LogP contribution in [0.15, 0.2) is 53.4 Å². The van der Waals surface area contributed by atoms with Crippen molar-refractivity contribution >= 4 is 21.4 Å². The van der Waals surface area contributed by atoms with Crippen LogP contribution in [0.25, 0.3) is 0 Å². The summed E-state index contributed by atoms with van der Waals surface area (Å²) in [5, 5.41) is 10.7. The first kappa shape index (κ1) is 18.2. The predicted molar refractivity (Wildman–Crippen MR) is 94.8 cm³/mol. The van der Waals surface area contributed by atoms with Crippen LogP contribution in [0.1, 0.15) is 12.8 Å². The summed E-state index contributed by atoms with van der Waals surface area (Å²) in [5.41, 5.74) is 0.168. The fourth-order valence-corrected chi connectivity index (χ4v) is 3.62. The van der Waals surface area contributed by atoms with Gasteiger partial charge in [0.05, 0.1) is 21.6 Å². The average molecular weight is 378 g/mol. The van der Waals surface area contributed by atoms with Crippen LogP contribution in [-0.4, -0.2) is 32.7 Å². The Kier molecular flexibility index (Phi) is 5.38. The minimum atomic E-state index is -3.86. The Hall–Kier alpha value is -2.65. The molecule has 1 aliphatic rings. The van der Waals surface area contributed by atoms with Gasteiger partial charge in [-0.2, -0.15) is 0 Å². The largest absolute Gasteiger partial charge is 0.491 e. The summed E-state index contributed by atoms with van der Waals surface area (Å²) in [6, 6.07) is 11.3. The second kappa shape index (κ2) is 7.71. The van der Waals surface area contributed by atoms with Crippen molar-refractivity contribution < 1.29 is 22.8 Å². The van der Waals surface area contributed by atoms with Gasteiger partial charge in [-0.15, -0.1) is 0 Å². The first-order valence-corrected chi connectivity index (χ1v) is 9.54. The molecule has 1 fully saturated rings. The van der Waals surface area contributed by atoms with Gasteiger partial charge in [0.15, 0.2) is 0 Å². The van der Waals surface area contributed by atoms with Crippen LogP contribution in [0, 0.1) is 10.1 Å². The van der Waals surface area contributed by atoms with Crippen LogP contribution in [0.3, 0.4) is 0 Å². The number of anilines is 1. The molecular weight excluding hydrogens is 360 g/mol. The highest BCUT2D eigenvalue weighted by Gasteiger charge is 2.18. The van der Waals surface area contributed by atoms with E-state index in [2.05, 4.69) is 4.72 Å². The molecule has 2 aromatic rings. The van der Waals surface area contributed by atoms with E-state index in [-0.39, 0.29) is 16.7 Å². The molecule has 0 aliphatic carbocycles.